The highest BCUT2D eigenvalue weighted by Crippen LogP contribution is 2.34. The van der Waals surface area contributed by atoms with E-state index >= 15 is 0 Å². The van der Waals surface area contributed by atoms with Crippen LogP contribution >= 0.6 is 27.7 Å². The summed E-state index contributed by atoms with van der Waals surface area (Å²) in [7, 11) is 0. The molecule has 1 amide bonds. The molecule has 1 heterocycles. The molecule has 0 unspecified atom stereocenters. The van der Waals surface area contributed by atoms with Gasteiger partial charge in [0.05, 0.1) is 22.8 Å². The summed E-state index contributed by atoms with van der Waals surface area (Å²) in [5, 5.41) is 12.4. The quantitative estimate of drug-likeness (QED) is 0.290. The van der Waals surface area contributed by atoms with Crippen LogP contribution in [-0.4, -0.2) is 28.8 Å². The second-order valence-electron chi connectivity index (χ2n) is 8.31. The summed E-state index contributed by atoms with van der Waals surface area (Å²) in [6.45, 7) is 6.60. The smallest absolute Gasteiger partial charge is 0.335 e. The maximum atomic E-state index is 12.6. The zero-order valence-electron chi connectivity index (χ0n) is 20.5. The van der Waals surface area contributed by atoms with Gasteiger partial charge in [-0.25, -0.2) is 9.79 Å². The van der Waals surface area contributed by atoms with Crippen LogP contribution in [0.1, 0.15) is 39.5 Å². The Labute approximate surface area is 227 Å². The number of rotatable bonds is 8. The summed E-state index contributed by atoms with van der Waals surface area (Å²) in [6, 6.07) is 15.9. The molecule has 0 bridgehead atoms. The Balaban J connectivity index is 1.50. The van der Waals surface area contributed by atoms with Gasteiger partial charge in [0.15, 0.2) is 16.7 Å². The van der Waals surface area contributed by atoms with Crippen LogP contribution in [0.2, 0.25) is 0 Å². The third-order valence-electron chi connectivity index (χ3n) is 5.46. The molecule has 9 heteroatoms. The average Bonchev–Trinajstić information content (AvgIpc) is 3.20. The second-order valence-corrected chi connectivity index (χ2v) is 10.1. The van der Waals surface area contributed by atoms with Gasteiger partial charge in [-0.05, 0) is 97.3 Å². The minimum atomic E-state index is -0.971. The summed E-state index contributed by atoms with van der Waals surface area (Å²) in [4.78, 5) is 28.7. The lowest BCUT2D eigenvalue weighted by Crippen LogP contribution is -2.19. The van der Waals surface area contributed by atoms with Gasteiger partial charge in [-0.15, -0.1) is 0 Å². The van der Waals surface area contributed by atoms with Crippen molar-refractivity contribution in [2.75, 3.05) is 6.61 Å². The number of aryl methyl sites for hydroxylation is 2. The van der Waals surface area contributed by atoms with Gasteiger partial charge < -0.3 is 19.9 Å². The summed E-state index contributed by atoms with van der Waals surface area (Å²) in [6.07, 6.45) is 1.79. The van der Waals surface area contributed by atoms with Crippen LogP contribution in [-0.2, 0) is 11.4 Å². The van der Waals surface area contributed by atoms with E-state index in [1.165, 1.54) is 11.8 Å². The van der Waals surface area contributed by atoms with E-state index in [-0.39, 0.29) is 18.1 Å². The van der Waals surface area contributed by atoms with Crippen LogP contribution in [0.3, 0.4) is 0 Å². The van der Waals surface area contributed by atoms with Crippen LogP contribution in [0.25, 0.3) is 6.08 Å². The molecule has 1 fully saturated rings. The first-order valence-corrected chi connectivity index (χ1v) is 13.1. The monoisotopic (exact) mass is 580 g/mol. The summed E-state index contributed by atoms with van der Waals surface area (Å²) < 4.78 is 12.8. The van der Waals surface area contributed by atoms with Crippen molar-refractivity contribution in [2.24, 2.45) is 4.99 Å². The van der Waals surface area contributed by atoms with E-state index in [2.05, 4.69) is 26.2 Å². The molecule has 37 heavy (non-hydrogen) atoms. The Morgan fingerprint density at radius 2 is 1.76 bits per heavy atom. The molecule has 190 valence electrons. The number of amidine groups is 1. The number of nitrogens with zero attached hydrogens (tertiary/aromatic N) is 1. The maximum absolute atomic E-state index is 12.6. The molecule has 3 aromatic carbocycles. The molecule has 1 aliphatic rings. The second kappa shape index (κ2) is 11.7. The number of thioether (sulfide) groups is 1. The highest BCUT2D eigenvalue weighted by Gasteiger charge is 2.24. The predicted molar refractivity (Wildman–Crippen MR) is 150 cm³/mol. The van der Waals surface area contributed by atoms with Crippen molar-refractivity contribution >= 4 is 56.5 Å². The molecule has 0 aliphatic carbocycles. The molecule has 1 saturated heterocycles. The Morgan fingerprint density at radius 1 is 1.05 bits per heavy atom. The summed E-state index contributed by atoms with van der Waals surface area (Å²) in [5.74, 6) is -0.0746. The maximum Gasteiger partial charge on any atom is 0.335 e. The number of amides is 1. The lowest BCUT2D eigenvalue weighted by atomic mass is 10.1. The fourth-order valence-electron chi connectivity index (χ4n) is 3.64. The van der Waals surface area contributed by atoms with Crippen LogP contribution in [0.4, 0.5) is 5.69 Å². The molecule has 1 aliphatic heterocycles. The number of carbonyl (C=O) groups is 2. The van der Waals surface area contributed by atoms with E-state index in [9.17, 15) is 9.59 Å². The van der Waals surface area contributed by atoms with E-state index < -0.39 is 5.97 Å². The Morgan fingerprint density at radius 3 is 2.41 bits per heavy atom. The van der Waals surface area contributed by atoms with Gasteiger partial charge in [0.25, 0.3) is 5.91 Å². The van der Waals surface area contributed by atoms with Crippen LogP contribution in [0, 0.1) is 13.8 Å². The molecule has 0 atom stereocenters. The van der Waals surface area contributed by atoms with Gasteiger partial charge in [0.1, 0.15) is 6.61 Å². The first kappa shape index (κ1) is 26.5. The van der Waals surface area contributed by atoms with Crippen molar-refractivity contribution in [3.8, 4) is 11.5 Å². The Hall–Kier alpha value is -3.56. The highest BCUT2D eigenvalue weighted by molar-refractivity contribution is 9.10. The molecule has 0 spiro atoms. The molecule has 4 rings (SSSR count). The fourth-order valence-corrected chi connectivity index (χ4v) is 4.71. The predicted octanol–water partition coefficient (Wildman–Crippen LogP) is 6.63. The molecule has 0 aromatic heterocycles. The molecular weight excluding hydrogens is 556 g/mol. The van der Waals surface area contributed by atoms with Crippen molar-refractivity contribution in [3.63, 3.8) is 0 Å². The molecule has 3 aromatic rings. The Kier molecular flexibility index (Phi) is 8.35. The van der Waals surface area contributed by atoms with Gasteiger partial charge in [-0.1, -0.05) is 34.1 Å². The van der Waals surface area contributed by atoms with E-state index in [0.717, 1.165) is 32.4 Å². The normalized spacial score (nSPS) is 15.2. The van der Waals surface area contributed by atoms with Crippen molar-refractivity contribution in [1.82, 2.24) is 5.32 Å². The summed E-state index contributed by atoms with van der Waals surface area (Å²) >= 11 is 4.85. The van der Waals surface area contributed by atoms with Crippen molar-refractivity contribution < 1.29 is 24.2 Å². The first-order chi connectivity index (χ1) is 17.7. The van der Waals surface area contributed by atoms with Gasteiger partial charge in [0.2, 0.25) is 0 Å². The number of carboxylic acid groups (broad SMARTS) is 1. The topological polar surface area (TPSA) is 97.2 Å². The lowest BCUT2D eigenvalue weighted by molar-refractivity contribution is -0.115. The zero-order valence-corrected chi connectivity index (χ0v) is 22.9. The van der Waals surface area contributed by atoms with E-state index in [1.54, 1.807) is 36.4 Å². The largest absolute Gasteiger partial charge is 0.490 e. The van der Waals surface area contributed by atoms with Crippen LogP contribution in [0.15, 0.2) is 69.0 Å². The molecule has 0 radical (unpaired) electrons. The Bertz CT molecular complexity index is 1390. The minimum absolute atomic E-state index is 0.211. The number of hydrogen-bond acceptors (Lipinski definition) is 6. The molecule has 0 saturated carbocycles. The summed E-state index contributed by atoms with van der Waals surface area (Å²) in [5.41, 5.74) is 4.77. The number of carbonyl (C=O) groups excluding carboxylic acids is 1. The average molecular weight is 581 g/mol. The first-order valence-electron chi connectivity index (χ1n) is 11.5. The van der Waals surface area contributed by atoms with Crippen molar-refractivity contribution in [1.29, 1.82) is 0 Å². The van der Waals surface area contributed by atoms with Crippen LogP contribution in [0.5, 0.6) is 11.5 Å². The minimum Gasteiger partial charge on any atom is -0.490 e. The number of carboxylic acids is 1. The third kappa shape index (κ3) is 6.61. The zero-order chi connectivity index (χ0) is 26.5. The number of ether oxygens (including phenoxy) is 2. The van der Waals surface area contributed by atoms with Crippen molar-refractivity contribution in [3.05, 3.63) is 91.8 Å². The fraction of sp³-hybridized carbons (Fsp3) is 0.179. The van der Waals surface area contributed by atoms with Crippen LogP contribution < -0.4 is 14.8 Å². The van der Waals surface area contributed by atoms with Gasteiger partial charge in [0, 0.05) is 4.47 Å². The lowest BCUT2D eigenvalue weighted by Gasteiger charge is -2.13. The number of halogens is 1. The number of aromatic carboxylic acids is 1. The van der Waals surface area contributed by atoms with Gasteiger partial charge in [-0.3, -0.25) is 4.79 Å². The number of aliphatic imine (C=N–C) groups is 1. The highest BCUT2D eigenvalue weighted by atomic mass is 79.9. The van der Waals surface area contributed by atoms with E-state index in [1.807, 2.05) is 45.0 Å². The van der Waals surface area contributed by atoms with E-state index in [0.29, 0.717) is 28.2 Å². The van der Waals surface area contributed by atoms with Gasteiger partial charge in [-0.2, -0.15) is 0 Å². The molecular formula is C28H25BrN2O5S. The van der Waals surface area contributed by atoms with Crippen molar-refractivity contribution in [2.45, 2.75) is 27.4 Å². The number of hydrogen-bond donors (Lipinski definition) is 2. The number of benzene rings is 3. The standard InChI is InChI=1S/C28H25BrN2O5S/c1-4-35-23-13-19(7-10-22(23)36-15-18-5-8-20(9-6-18)27(33)34)14-24-26(32)31-28(37-24)30-21-11-16(2)25(29)17(3)12-21/h5-14H,4,15H2,1-3H3,(H,33,34)(H,30,31,32)/b24-14-. The van der Waals surface area contributed by atoms with E-state index in [4.69, 9.17) is 14.6 Å². The number of nitrogens with one attached hydrogen (secondary N) is 1. The third-order valence-corrected chi connectivity index (χ3v) is 7.62. The molecule has 2 N–H and O–H groups in total. The van der Waals surface area contributed by atoms with Gasteiger partial charge >= 0.3 is 5.97 Å². The SMILES string of the molecule is CCOc1cc(/C=C2\SC(=Nc3cc(C)c(Br)c(C)c3)NC2=O)ccc1OCc1ccc(C(=O)O)cc1. The molecule has 7 nitrogen and oxygen atoms in total.